The number of pyridine rings is 1. The molecule has 4 rings (SSSR count). The van der Waals surface area contributed by atoms with Crippen LogP contribution in [0.4, 0.5) is 4.39 Å². The lowest BCUT2D eigenvalue weighted by Crippen LogP contribution is -2.29. The van der Waals surface area contributed by atoms with Crippen LogP contribution in [0.2, 0.25) is 0 Å². The summed E-state index contributed by atoms with van der Waals surface area (Å²) in [6.45, 7) is 12.0. The smallest absolute Gasteiger partial charge is 0.252 e. The van der Waals surface area contributed by atoms with E-state index in [0.717, 1.165) is 28.5 Å². The van der Waals surface area contributed by atoms with Gasteiger partial charge in [0.1, 0.15) is 5.82 Å². The molecule has 0 saturated heterocycles. The van der Waals surface area contributed by atoms with Gasteiger partial charge in [0.2, 0.25) is 0 Å². The highest BCUT2D eigenvalue weighted by molar-refractivity contribution is 5.79. The van der Waals surface area contributed by atoms with Crippen molar-refractivity contribution in [2.75, 3.05) is 0 Å². The zero-order valence-corrected chi connectivity index (χ0v) is 21.4. The molecular formula is C31H35FN2O. The number of aryl methyl sites for hydroxylation is 1. The lowest BCUT2D eigenvalue weighted by atomic mass is 9.86. The normalized spacial score (nSPS) is 12.9. The summed E-state index contributed by atoms with van der Waals surface area (Å²) in [7, 11) is 0. The van der Waals surface area contributed by atoms with Crippen molar-refractivity contribution in [3.05, 3.63) is 117 Å². The molecule has 1 N–H and O–H groups in total. The van der Waals surface area contributed by atoms with E-state index in [1.165, 1.54) is 28.8 Å². The van der Waals surface area contributed by atoms with Crippen LogP contribution >= 0.6 is 0 Å². The summed E-state index contributed by atoms with van der Waals surface area (Å²) < 4.78 is 13.6. The van der Waals surface area contributed by atoms with E-state index in [-0.39, 0.29) is 22.8 Å². The van der Waals surface area contributed by atoms with Gasteiger partial charge in [-0.25, -0.2) is 4.39 Å². The highest BCUT2D eigenvalue weighted by Gasteiger charge is 2.20. The first-order valence-corrected chi connectivity index (χ1v) is 12.4. The summed E-state index contributed by atoms with van der Waals surface area (Å²) in [6.07, 6.45) is 0.947. The third-order valence-electron chi connectivity index (χ3n) is 6.87. The lowest BCUT2D eigenvalue weighted by molar-refractivity contribution is 0.191. The van der Waals surface area contributed by atoms with Crippen molar-refractivity contribution in [3.63, 3.8) is 0 Å². The van der Waals surface area contributed by atoms with Crippen molar-refractivity contribution in [3.8, 4) is 0 Å². The number of hydrogen-bond acceptors (Lipinski definition) is 2. The Hall–Kier alpha value is -3.24. The first kappa shape index (κ1) is 24.9. The van der Waals surface area contributed by atoms with E-state index in [2.05, 4.69) is 80.9 Å². The molecule has 0 amide bonds. The van der Waals surface area contributed by atoms with Crippen LogP contribution in [0.15, 0.2) is 77.6 Å². The SMILES string of the molecule is CCc1ccc2[nH]c(=O)c(CN(Cc3ccc(C(C)(C)C)cc3)C(C)c3ccc(F)cc3)cc2c1. The summed E-state index contributed by atoms with van der Waals surface area (Å²) in [4.78, 5) is 18.3. The van der Waals surface area contributed by atoms with Crippen molar-refractivity contribution in [2.24, 2.45) is 0 Å². The van der Waals surface area contributed by atoms with Crippen molar-refractivity contribution < 1.29 is 4.39 Å². The zero-order chi connectivity index (χ0) is 25.2. The molecule has 3 aromatic carbocycles. The maximum atomic E-state index is 13.6. The number of nitrogens with zero attached hydrogens (tertiary/aromatic N) is 1. The molecule has 0 aliphatic carbocycles. The Labute approximate surface area is 207 Å². The molecular weight excluding hydrogens is 435 g/mol. The fourth-order valence-corrected chi connectivity index (χ4v) is 4.48. The van der Waals surface area contributed by atoms with Crippen LogP contribution in [-0.2, 0) is 24.9 Å². The Kier molecular flexibility index (Phi) is 7.23. The fourth-order valence-electron chi connectivity index (χ4n) is 4.48. The molecule has 1 atom stereocenters. The summed E-state index contributed by atoms with van der Waals surface area (Å²) >= 11 is 0. The van der Waals surface area contributed by atoms with Crippen LogP contribution in [0.5, 0.6) is 0 Å². The minimum atomic E-state index is -0.247. The molecule has 0 aliphatic rings. The Morgan fingerprint density at radius 2 is 1.54 bits per heavy atom. The fraction of sp³-hybridized carbons (Fsp3) is 0.323. The Morgan fingerprint density at radius 1 is 0.886 bits per heavy atom. The molecule has 4 heteroatoms. The highest BCUT2D eigenvalue weighted by Crippen LogP contribution is 2.27. The number of aromatic amines is 1. The summed E-state index contributed by atoms with van der Waals surface area (Å²) in [6, 6.07) is 23.6. The number of fused-ring (bicyclic) bond motifs is 1. The van der Waals surface area contributed by atoms with Gasteiger partial charge in [0.25, 0.3) is 5.56 Å². The Balaban J connectivity index is 1.69. The molecule has 0 spiro atoms. The first-order chi connectivity index (χ1) is 16.6. The van der Waals surface area contributed by atoms with Crippen LogP contribution in [0.3, 0.4) is 0 Å². The lowest BCUT2D eigenvalue weighted by Gasteiger charge is -2.30. The van der Waals surface area contributed by atoms with Crippen molar-refractivity contribution in [2.45, 2.75) is 65.6 Å². The molecule has 0 radical (unpaired) electrons. The Morgan fingerprint density at radius 3 is 2.17 bits per heavy atom. The minimum absolute atomic E-state index is 0.00466. The number of rotatable bonds is 7. The van der Waals surface area contributed by atoms with E-state index in [4.69, 9.17) is 0 Å². The van der Waals surface area contributed by atoms with Gasteiger partial charge < -0.3 is 4.98 Å². The van der Waals surface area contributed by atoms with E-state index in [9.17, 15) is 9.18 Å². The molecule has 1 heterocycles. The van der Waals surface area contributed by atoms with Crippen LogP contribution in [-0.4, -0.2) is 9.88 Å². The maximum absolute atomic E-state index is 13.6. The summed E-state index contributed by atoms with van der Waals surface area (Å²) in [5, 5.41) is 1.04. The summed E-state index contributed by atoms with van der Waals surface area (Å²) in [5.41, 5.74) is 6.33. The quantitative estimate of drug-likeness (QED) is 0.308. The number of hydrogen-bond donors (Lipinski definition) is 1. The first-order valence-electron chi connectivity index (χ1n) is 12.4. The molecule has 182 valence electrons. The molecule has 0 bridgehead atoms. The largest absolute Gasteiger partial charge is 0.322 e. The molecule has 4 aromatic rings. The number of H-pyrrole nitrogens is 1. The van der Waals surface area contributed by atoms with Gasteiger partial charge in [-0.3, -0.25) is 9.69 Å². The van der Waals surface area contributed by atoms with Crippen LogP contribution in [0.25, 0.3) is 10.9 Å². The average Bonchev–Trinajstić information content (AvgIpc) is 2.83. The standard InChI is InChI=1S/C31H35FN2O/c1-6-22-9-16-29-25(17-22)18-26(30(35)33-29)20-34(21(2)24-10-14-28(32)15-11-24)19-23-7-12-27(13-8-23)31(3,4)5/h7-18,21H,6,19-20H2,1-5H3,(H,33,35). The van der Waals surface area contributed by atoms with Crippen molar-refractivity contribution in [1.82, 2.24) is 9.88 Å². The minimum Gasteiger partial charge on any atom is -0.322 e. The highest BCUT2D eigenvalue weighted by atomic mass is 19.1. The zero-order valence-electron chi connectivity index (χ0n) is 21.4. The van der Waals surface area contributed by atoms with Crippen molar-refractivity contribution in [1.29, 1.82) is 0 Å². The van der Waals surface area contributed by atoms with Gasteiger partial charge >= 0.3 is 0 Å². The second-order valence-corrected chi connectivity index (χ2v) is 10.5. The van der Waals surface area contributed by atoms with Gasteiger partial charge in [-0.1, -0.05) is 70.2 Å². The van der Waals surface area contributed by atoms with Crippen molar-refractivity contribution >= 4 is 10.9 Å². The molecule has 3 nitrogen and oxygen atoms in total. The van der Waals surface area contributed by atoms with Gasteiger partial charge in [0.05, 0.1) is 0 Å². The molecule has 1 unspecified atom stereocenters. The van der Waals surface area contributed by atoms with Crippen LogP contribution in [0, 0.1) is 5.82 Å². The van der Waals surface area contributed by atoms with E-state index in [1.54, 1.807) is 0 Å². The predicted octanol–water partition coefficient (Wildman–Crippen LogP) is 7.29. The molecule has 35 heavy (non-hydrogen) atoms. The van der Waals surface area contributed by atoms with Gasteiger partial charge in [-0.2, -0.15) is 0 Å². The van der Waals surface area contributed by atoms with Crippen LogP contribution in [0.1, 0.15) is 68.5 Å². The third-order valence-corrected chi connectivity index (χ3v) is 6.87. The molecule has 0 aliphatic heterocycles. The second-order valence-electron chi connectivity index (χ2n) is 10.5. The van der Waals surface area contributed by atoms with E-state index in [0.29, 0.717) is 13.1 Å². The molecule has 0 saturated carbocycles. The van der Waals surface area contributed by atoms with Gasteiger partial charge in [-0.15, -0.1) is 0 Å². The van der Waals surface area contributed by atoms with Crippen LogP contribution < -0.4 is 5.56 Å². The topological polar surface area (TPSA) is 36.1 Å². The summed E-state index contributed by atoms with van der Waals surface area (Å²) in [5.74, 6) is -0.247. The maximum Gasteiger partial charge on any atom is 0.252 e. The van der Waals surface area contributed by atoms with Gasteiger partial charge in [0, 0.05) is 30.2 Å². The predicted molar refractivity (Wildman–Crippen MR) is 143 cm³/mol. The Bertz CT molecular complexity index is 1350. The number of benzene rings is 3. The molecule has 1 aromatic heterocycles. The van der Waals surface area contributed by atoms with E-state index < -0.39 is 0 Å². The second kappa shape index (κ2) is 10.2. The molecule has 0 fully saturated rings. The van der Waals surface area contributed by atoms with E-state index in [1.807, 2.05) is 24.3 Å². The number of halogens is 1. The third kappa shape index (κ3) is 5.88. The monoisotopic (exact) mass is 470 g/mol. The van der Waals surface area contributed by atoms with Gasteiger partial charge in [-0.05, 0) is 76.7 Å². The average molecular weight is 471 g/mol. The van der Waals surface area contributed by atoms with Gasteiger partial charge in [0.15, 0.2) is 0 Å². The van der Waals surface area contributed by atoms with E-state index >= 15 is 0 Å². The number of nitrogens with one attached hydrogen (secondary N) is 1. The number of aromatic nitrogens is 1.